The van der Waals surface area contributed by atoms with Crippen molar-refractivity contribution >= 4 is 50.7 Å². The largest absolute Gasteiger partial charge is 0.352 e. The Morgan fingerprint density at radius 2 is 1.63 bits per heavy atom. The van der Waals surface area contributed by atoms with E-state index in [1.54, 1.807) is 30.3 Å². The maximum Gasteiger partial charge on any atom is 0.244 e. The van der Waals surface area contributed by atoms with Gasteiger partial charge < -0.3 is 10.2 Å². The molecular weight excluding hydrogens is 545 g/mol. The molecule has 1 fully saturated rings. The highest BCUT2D eigenvalue weighted by atomic mass is 35.5. The molecule has 208 valence electrons. The van der Waals surface area contributed by atoms with E-state index in [1.807, 2.05) is 26.8 Å². The van der Waals surface area contributed by atoms with Crippen molar-refractivity contribution in [2.24, 2.45) is 0 Å². The summed E-state index contributed by atoms with van der Waals surface area (Å²) in [4.78, 5) is 28.9. The van der Waals surface area contributed by atoms with E-state index in [0.29, 0.717) is 27.7 Å². The van der Waals surface area contributed by atoms with Crippen molar-refractivity contribution in [3.63, 3.8) is 0 Å². The molecule has 0 radical (unpaired) electrons. The topological polar surface area (TPSA) is 86.8 Å². The van der Waals surface area contributed by atoms with Crippen molar-refractivity contribution < 1.29 is 18.0 Å². The molecule has 10 heteroatoms. The highest BCUT2D eigenvalue weighted by Crippen LogP contribution is 2.29. The summed E-state index contributed by atoms with van der Waals surface area (Å²) >= 11 is 12.9. The van der Waals surface area contributed by atoms with Gasteiger partial charge in [-0.15, -0.1) is 0 Å². The molecule has 0 aromatic heterocycles. The molecule has 7 nitrogen and oxygen atoms in total. The molecule has 2 aromatic carbocycles. The lowest BCUT2D eigenvalue weighted by Gasteiger charge is -2.34. The van der Waals surface area contributed by atoms with Gasteiger partial charge in [-0.3, -0.25) is 13.9 Å². The van der Waals surface area contributed by atoms with E-state index in [1.165, 1.54) is 4.90 Å². The van der Waals surface area contributed by atoms with Crippen LogP contribution in [-0.2, 0) is 26.2 Å². The van der Waals surface area contributed by atoms with Gasteiger partial charge in [0.1, 0.15) is 12.6 Å². The zero-order chi connectivity index (χ0) is 28.0. The van der Waals surface area contributed by atoms with E-state index in [-0.39, 0.29) is 18.5 Å². The quantitative estimate of drug-likeness (QED) is 0.393. The maximum atomic E-state index is 13.9. The second-order valence-electron chi connectivity index (χ2n) is 9.98. The maximum absolute atomic E-state index is 13.9. The van der Waals surface area contributed by atoms with E-state index in [0.717, 1.165) is 53.8 Å². The Bertz CT molecular complexity index is 1240. The van der Waals surface area contributed by atoms with Gasteiger partial charge in [-0.1, -0.05) is 67.6 Å². The van der Waals surface area contributed by atoms with Gasteiger partial charge in [0.15, 0.2) is 0 Å². The lowest BCUT2D eigenvalue weighted by molar-refractivity contribution is -0.140. The van der Waals surface area contributed by atoms with Crippen LogP contribution < -0.4 is 9.62 Å². The fourth-order valence-electron chi connectivity index (χ4n) is 4.92. The average Bonchev–Trinajstić information content (AvgIpc) is 2.86. The van der Waals surface area contributed by atoms with Crippen LogP contribution in [0.2, 0.25) is 10.0 Å². The fourth-order valence-corrected chi connectivity index (χ4v) is 6.34. The van der Waals surface area contributed by atoms with Gasteiger partial charge in [0.2, 0.25) is 21.8 Å². The number of anilines is 1. The zero-order valence-electron chi connectivity index (χ0n) is 22.5. The summed E-state index contributed by atoms with van der Waals surface area (Å²) in [5.74, 6) is -0.772. The second-order valence-corrected chi connectivity index (χ2v) is 12.7. The van der Waals surface area contributed by atoms with Crippen LogP contribution in [0.5, 0.6) is 0 Å². The molecule has 1 aliphatic carbocycles. The van der Waals surface area contributed by atoms with E-state index in [9.17, 15) is 18.0 Å². The van der Waals surface area contributed by atoms with Crippen LogP contribution in [0.1, 0.15) is 62.1 Å². The SMILES string of the molecule is CC[C@H](C(=O)NC1CCCCC1)N(Cc1c(Cl)cccc1Cl)C(=O)CN(c1cccc(C)c1C)S(C)(=O)=O. The van der Waals surface area contributed by atoms with E-state index >= 15 is 0 Å². The first-order valence-corrected chi connectivity index (χ1v) is 15.6. The molecule has 0 heterocycles. The van der Waals surface area contributed by atoms with E-state index in [2.05, 4.69) is 5.32 Å². The molecule has 38 heavy (non-hydrogen) atoms. The monoisotopic (exact) mass is 581 g/mol. The predicted octanol–water partition coefficient (Wildman–Crippen LogP) is 5.63. The first kappa shape index (κ1) is 30.3. The number of benzene rings is 2. The Hall–Kier alpha value is -2.29. The van der Waals surface area contributed by atoms with Gasteiger partial charge in [0, 0.05) is 28.2 Å². The second kappa shape index (κ2) is 13.2. The van der Waals surface area contributed by atoms with Crippen molar-refractivity contribution in [2.45, 2.75) is 77.9 Å². The number of carbonyl (C=O) groups excluding carboxylic acids is 2. The lowest BCUT2D eigenvalue weighted by atomic mass is 9.95. The number of hydrogen-bond donors (Lipinski definition) is 1. The van der Waals surface area contributed by atoms with Crippen molar-refractivity contribution in [2.75, 3.05) is 17.1 Å². The summed E-state index contributed by atoms with van der Waals surface area (Å²) in [5, 5.41) is 3.86. The molecule has 0 saturated heterocycles. The Morgan fingerprint density at radius 3 is 2.21 bits per heavy atom. The Morgan fingerprint density at radius 1 is 1.03 bits per heavy atom. The van der Waals surface area contributed by atoms with E-state index < -0.39 is 28.5 Å². The molecule has 0 aliphatic heterocycles. The minimum absolute atomic E-state index is 0.0294. The molecule has 1 aliphatic rings. The normalized spacial score (nSPS) is 15.1. The smallest absolute Gasteiger partial charge is 0.244 e. The number of sulfonamides is 1. The number of amides is 2. The first-order valence-electron chi connectivity index (χ1n) is 13.0. The Labute approximate surface area is 236 Å². The number of aryl methyl sites for hydroxylation is 1. The van der Waals surface area contributed by atoms with Crippen molar-refractivity contribution in [1.82, 2.24) is 10.2 Å². The van der Waals surface area contributed by atoms with E-state index in [4.69, 9.17) is 23.2 Å². The lowest BCUT2D eigenvalue weighted by Crippen LogP contribution is -2.54. The van der Waals surface area contributed by atoms with Crippen LogP contribution in [0.15, 0.2) is 36.4 Å². The van der Waals surface area contributed by atoms with Crippen LogP contribution in [0.4, 0.5) is 5.69 Å². The third-order valence-corrected chi connectivity index (χ3v) is 9.09. The first-order chi connectivity index (χ1) is 17.9. The Balaban J connectivity index is 1.99. The standard InChI is InChI=1S/C28H37Cl2N3O4S/c1-5-25(28(35)31-21-12-7-6-8-13-21)32(17-22-23(29)14-10-15-24(22)30)27(34)18-33(38(4,36)37)26-16-9-11-19(2)20(26)3/h9-11,14-16,21,25H,5-8,12-13,17-18H2,1-4H3,(H,31,35)/t25-/m1/s1. The van der Waals surface area contributed by atoms with Crippen molar-refractivity contribution in [3.8, 4) is 0 Å². The third kappa shape index (κ3) is 7.42. The fraction of sp³-hybridized carbons (Fsp3) is 0.500. The molecule has 2 amide bonds. The van der Waals surface area contributed by atoms with Crippen LogP contribution >= 0.6 is 23.2 Å². The average molecular weight is 583 g/mol. The van der Waals surface area contributed by atoms with Crippen LogP contribution in [-0.4, -0.2) is 50.0 Å². The predicted molar refractivity (Wildman–Crippen MR) is 154 cm³/mol. The molecule has 1 N–H and O–H groups in total. The molecule has 1 atom stereocenters. The van der Waals surface area contributed by atoms with Gasteiger partial charge in [0.25, 0.3) is 0 Å². The van der Waals surface area contributed by atoms with Gasteiger partial charge in [-0.05, 0) is 62.4 Å². The molecule has 0 unspecified atom stereocenters. The van der Waals surface area contributed by atoms with Crippen LogP contribution in [0.25, 0.3) is 0 Å². The summed E-state index contributed by atoms with van der Waals surface area (Å²) in [6, 6.07) is 9.62. The van der Waals surface area contributed by atoms with Gasteiger partial charge >= 0.3 is 0 Å². The van der Waals surface area contributed by atoms with Crippen LogP contribution in [0, 0.1) is 13.8 Å². The number of rotatable bonds is 10. The molecule has 2 aromatic rings. The number of nitrogens with one attached hydrogen (secondary N) is 1. The highest BCUT2D eigenvalue weighted by molar-refractivity contribution is 7.92. The molecule has 1 saturated carbocycles. The summed E-state index contributed by atoms with van der Waals surface area (Å²) in [5.41, 5.74) is 2.59. The number of nitrogens with zero attached hydrogens (tertiary/aromatic N) is 2. The molecule has 0 spiro atoms. The summed E-state index contributed by atoms with van der Waals surface area (Å²) in [7, 11) is -3.82. The van der Waals surface area contributed by atoms with Crippen LogP contribution in [0.3, 0.4) is 0 Å². The minimum Gasteiger partial charge on any atom is -0.352 e. The van der Waals surface area contributed by atoms with Gasteiger partial charge in [-0.2, -0.15) is 0 Å². The van der Waals surface area contributed by atoms with Crippen molar-refractivity contribution in [1.29, 1.82) is 0 Å². The van der Waals surface area contributed by atoms with Gasteiger partial charge in [-0.25, -0.2) is 8.42 Å². The summed E-state index contributed by atoms with van der Waals surface area (Å²) in [6.07, 6.45) is 6.48. The Kier molecular flexibility index (Phi) is 10.5. The summed E-state index contributed by atoms with van der Waals surface area (Å²) < 4.78 is 26.9. The molecular formula is C28H37Cl2N3O4S. The molecule has 3 rings (SSSR count). The van der Waals surface area contributed by atoms with Gasteiger partial charge in [0.05, 0.1) is 11.9 Å². The highest BCUT2D eigenvalue weighted by Gasteiger charge is 2.34. The van der Waals surface area contributed by atoms with Crippen molar-refractivity contribution in [3.05, 3.63) is 63.1 Å². The third-order valence-electron chi connectivity index (χ3n) is 7.25. The minimum atomic E-state index is -3.82. The summed E-state index contributed by atoms with van der Waals surface area (Å²) in [6.45, 7) is 5.05. The molecule has 0 bridgehead atoms. The zero-order valence-corrected chi connectivity index (χ0v) is 24.8. The number of carbonyl (C=O) groups is 2. The number of halogens is 2. The number of hydrogen-bond acceptors (Lipinski definition) is 4.